The molecule has 112 valence electrons. The maximum atomic E-state index is 12.3. The molecule has 0 aliphatic carbocycles. The molecule has 2 aromatic rings. The van der Waals surface area contributed by atoms with E-state index < -0.39 is 11.7 Å². The Balaban J connectivity index is 2.45. The lowest BCUT2D eigenvalue weighted by Crippen LogP contribution is -2.26. The molecule has 0 amide bonds. The number of aliphatic hydroxyl groups is 1. The normalized spacial score (nSPS) is 11.6. The van der Waals surface area contributed by atoms with Gasteiger partial charge in [-0.3, -0.25) is 4.57 Å². The Morgan fingerprint density at radius 2 is 2.00 bits per heavy atom. The van der Waals surface area contributed by atoms with Gasteiger partial charge in [0.2, 0.25) is 0 Å². The van der Waals surface area contributed by atoms with E-state index in [4.69, 9.17) is 9.84 Å². The molecule has 21 heavy (non-hydrogen) atoms. The van der Waals surface area contributed by atoms with E-state index in [0.29, 0.717) is 12.0 Å². The number of hydrogen-bond donors (Lipinski definition) is 1. The Hall–Kier alpha value is -2.07. The highest BCUT2D eigenvalue weighted by Crippen LogP contribution is 2.24. The van der Waals surface area contributed by atoms with Gasteiger partial charge >= 0.3 is 6.09 Å². The molecule has 0 fully saturated rings. The summed E-state index contributed by atoms with van der Waals surface area (Å²) in [4.78, 5) is 12.3. The van der Waals surface area contributed by atoms with Gasteiger partial charge in [-0.25, -0.2) is 4.79 Å². The average Bonchev–Trinajstić information content (AvgIpc) is 2.76. The summed E-state index contributed by atoms with van der Waals surface area (Å²) in [7, 11) is 0. The zero-order chi connectivity index (χ0) is 15.6. The maximum absolute atomic E-state index is 12.3. The average molecular weight is 287 g/mol. The standard InChI is InChI=1S/C17H21NO3/c1-12(11-19)9-13-10-18(16(20)21-17(2,3)4)15-8-6-5-7-14(13)15/h5-8,10,19H,1,9,11H2,2-4H3. The van der Waals surface area contributed by atoms with Crippen LogP contribution >= 0.6 is 0 Å². The van der Waals surface area contributed by atoms with Gasteiger partial charge in [-0.1, -0.05) is 24.8 Å². The minimum absolute atomic E-state index is 0.0635. The van der Waals surface area contributed by atoms with E-state index in [-0.39, 0.29) is 6.61 Å². The minimum atomic E-state index is -0.544. The molecule has 0 aliphatic heterocycles. The van der Waals surface area contributed by atoms with Crippen molar-refractivity contribution in [2.75, 3.05) is 6.61 Å². The Morgan fingerprint density at radius 3 is 2.62 bits per heavy atom. The fourth-order valence-electron chi connectivity index (χ4n) is 2.18. The van der Waals surface area contributed by atoms with Gasteiger partial charge in [0.05, 0.1) is 12.1 Å². The summed E-state index contributed by atoms with van der Waals surface area (Å²) in [6.07, 6.45) is 1.89. The molecular formula is C17H21NO3. The number of hydrogen-bond acceptors (Lipinski definition) is 3. The van der Waals surface area contributed by atoms with Crippen LogP contribution in [-0.4, -0.2) is 28.0 Å². The van der Waals surface area contributed by atoms with Crippen molar-refractivity contribution in [1.82, 2.24) is 4.57 Å². The number of aromatic nitrogens is 1. The number of carbonyl (C=O) groups excluding carboxylic acids is 1. The highest BCUT2D eigenvalue weighted by molar-refractivity contribution is 5.92. The van der Waals surface area contributed by atoms with Gasteiger partial charge in [-0.2, -0.15) is 0 Å². The Kier molecular flexibility index (Phi) is 4.19. The van der Waals surface area contributed by atoms with Crippen LogP contribution in [0.25, 0.3) is 10.9 Å². The lowest BCUT2D eigenvalue weighted by atomic mass is 10.1. The second-order valence-corrected chi connectivity index (χ2v) is 6.11. The summed E-state index contributed by atoms with van der Waals surface area (Å²) < 4.78 is 6.94. The van der Waals surface area contributed by atoms with E-state index in [1.807, 2.05) is 45.0 Å². The minimum Gasteiger partial charge on any atom is -0.443 e. The zero-order valence-electron chi connectivity index (χ0n) is 12.7. The van der Waals surface area contributed by atoms with Crippen LogP contribution in [0.1, 0.15) is 26.3 Å². The molecule has 4 nitrogen and oxygen atoms in total. The summed E-state index contributed by atoms with van der Waals surface area (Å²) >= 11 is 0. The smallest absolute Gasteiger partial charge is 0.419 e. The second kappa shape index (κ2) is 5.74. The molecule has 4 heteroatoms. The third-order valence-corrected chi connectivity index (χ3v) is 3.05. The van der Waals surface area contributed by atoms with Crippen LogP contribution in [0.2, 0.25) is 0 Å². The molecule has 0 radical (unpaired) electrons. The number of para-hydroxylation sites is 1. The molecule has 0 aliphatic rings. The number of ether oxygens (including phenoxy) is 1. The molecule has 0 saturated heterocycles. The van der Waals surface area contributed by atoms with Crippen LogP contribution in [0.3, 0.4) is 0 Å². The van der Waals surface area contributed by atoms with Gasteiger partial charge in [0.15, 0.2) is 0 Å². The van der Waals surface area contributed by atoms with E-state index in [2.05, 4.69) is 6.58 Å². The highest BCUT2D eigenvalue weighted by atomic mass is 16.6. The fourth-order valence-corrected chi connectivity index (χ4v) is 2.18. The first-order valence-corrected chi connectivity index (χ1v) is 6.91. The van der Waals surface area contributed by atoms with E-state index in [1.165, 1.54) is 4.57 Å². The number of benzene rings is 1. The predicted octanol–water partition coefficient (Wildman–Crippen LogP) is 3.52. The first-order valence-electron chi connectivity index (χ1n) is 6.91. The van der Waals surface area contributed by atoms with Crippen LogP contribution in [0.5, 0.6) is 0 Å². The first kappa shape index (κ1) is 15.3. The summed E-state index contributed by atoms with van der Waals surface area (Å²) in [6.45, 7) is 9.27. The monoisotopic (exact) mass is 287 g/mol. The van der Waals surface area contributed by atoms with Crippen LogP contribution in [-0.2, 0) is 11.2 Å². The van der Waals surface area contributed by atoms with Crippen molar-refractivity contribution in [1.29, 1.82) is 0 Å². The van der Waals surface area contributed by atoms with E-state index in [1.54, 1.807) is 6.20 Å². The lowest BCUT2D eigenvalue weighted by Gasteiger charge is -2.19. The van der Waals surface area contributed by atoms with Gasteiger partial charge in [-0.15, -0.1) is 0 Å². The number of rotatable bonds is 3. The molecule has 0 atom stereocenters. The molecule has 0 saturated carbocycles. The highest BCUT2D eigenvalue weighted by Gasteiger charge is 2.20. The van der Waals surface area contributed by atoms with Crippen LogP contribution in [0.15, 0.2) is 42.6 Å². The number of carbonyl (C=O) groups is 1. The predicted molar refractivity (Wildman–Crippen MR) is 83.5 cm³/mol. The zero-order valence-corrected chi connectivity index (χ0v) is 12.7. The molecular weight excluding hydrogens is 266 g/mol. The molecule has 2 rings (SSSR count). The van der Waals surface area contributed by atoms with Crippen LogP contribution in [0, 0.1) is 0 Å². The molecule has 1 aromatic heterocycles. The maximum Gasteiger partial charge on any atom is 0.419 e. The van der Waals surface area contributed by atoms with Crippen molar-refractivity contribution in [3.63, 3.8) is 0 Å². The molecule has 0 spiro atoms. The fraction of sp³-hybridized carbons (Fsp3) is 0.353. The number of fused-ring (bicyclic) bond motifs is 1. The summed E-state index contributed by atoms with van der Waals surface area (Å²) in [5, 5.41) is 10.1. The molecule has 1 N–H and O–H groups in total. The Morgan fingerprint density at radius 1 is 1.33 bits per heavy atom. The van der Waals surface area contributed by atoms with Crippen LogP contribution in [0.4, 0.5) is 4.79 Å². The number of nitrogens with zero attached hydrogens (tertiary/aromatic N) is 1. The van der Waals surface area contributed by atoms with Gasteiger partial charge in [0.25, 0.3) is 0 Å². The topological polar surface area (TPSA) is 51.5 Å². The van der Waals surface area contributed by atoms with E-state index >= 15 is 0 Å². The molecule has 0 unspecified atom stereocenters. The molecule has 0 bridgehead atoms. The lowest BCUT2D eigenvalue weighted by molar-refractivity contribution is 0.0544. The second-order valence-electron chi connectivity index (χ2n) is 6.11. The van der Waals surface area contributed by atoms with Crippen molar-refractivity contribution in [3.05, 3.63) is 48.2 Å². The van der Waals surface area contributed by atoms with Gasteiger partial charge in [0, 0.05) is 11.6 Å². The van der Waals surface area contributed by atoms with Crippen molar-refractivity contribution in [2.45, 2.75) is 32.8 Å². The van der Waals surface area contributed by atoms with Crippen molar-refractivity contribution in [2.24, 2.45) is 0 Å². The third-order valence-electron chi connectivity index (χ3n) is 3.05. The number of aliphatic hydroxyl groups excluding tert-OH is 1. The molecule has 1 aromatic carbocycles. The van der Waals surface area contributed by atoms with E-state index in [0.717, 1.165) is 16.5 Å². The third kappa shape index (κ3) is 3.52. The quantitative estimate of drug-likeness (QED) is 0.879. The Labute approximate surface area is 124 Å². The van der Waals surface area contributed by atoms with Gasteiger partial charge < -0.3 is 9.84 Å². The van der Waals surface area contributed by atoms with Gasteiger partial charge in [-0.05, 0) is 44.4 Å². The van der Waals surface area contributed by atoms with Crippen LogP contribution < -0.4 is 0 Å². The van der Waals surface area contributed by atoms with E-state index in [9.17, 15) is 4.79 Å². The summed E-state index contributed by atoms with van der Waals surface area (Å²) in [6, 6.07) is 7.64. The van der Waals surface area contributed by atoms with Crippen molar-refractivity contribution < 1.29 is 14.6 Å². The van der Waals surface area contributed by atoms with Gasteiger partial charge in [0.1, 0.15) is 5.60 Å². The van der Waals surface area contributed by atoms with Crippen molar-refractivity contribution >= 4 is 17.0 Å². The first-order chi connectivity index (χ1) is 9.81. The van der Waals surface area contributed by atoms with Crippen molar-refractivity contribution in [3.8, 4) is 0 Å². The summed E-state index contributed by atoms with van der Waals surface area (Å²) in [5.74, 6) is 0. The SMILES string of the molecule is C=C(CO)Cc1cn(C(=O)OC(C)(C)C)c2ccccc12. The summed E-state index contributed by atoms with van der Waals surface area (Å²) in [5.41, 5.74) is 1.92. The largest absolute Gasteiger partial charge is 0.443 e. The Bertz CT molecular complexity index is 677. The molecule has 1 heterocycles.